The Morgan fingerprint density at radius 2 is 1.74 bits per heavy atom. The second-order valence-electron chi connectivity index (χ2n) is 5.95. The maximum atomic E-state index is 12.4. The van der Waals surface area contributed by atoms with E-state index >= 15 is 0 Å². The van der Waals surface area contributed by atoms with E-state index in [1.54, 1.807) is 7.11 Å². The maximum Gasteiger partial charge on any atom is 0.282 e. The number of ether oxygens (including phenoxy) is 1. The third-order valence-corrected chi connectivity index (χ3v) is 4.09. The molecule has 2 atom stereocenters. The van der Waals surface area contributed by atoms with Crippen molar-refractivity contribution in [2.75, 3.05) is 19.5 Å². The molecule has 2 rings (SSSR count). The zero-order chi connectivity index (χ0) is 16.8. The van der Waals surface area contributed by atoms with Crippen LogP contribution in [0.2, 0.25) is 0 Å². The van der Waals surface area contributed by atoms with E-state index in [9.17, 15) is 4.79 Å². The fourth-order valence-corrected chi connectivity index (χ4v) is 2.33. The van der Waals surface area contributed by atoms with Crippen molar-refractivity contribution in [1.82, 2.24) is 0 Å². The Balaban J connectivity index is 1.93. The summed E-state index contributed by atoms with van der Waals surface area (Å²) in [6, 6.07) is 15.7. The van der Waals surface area contributed by atoms with E-state index in [4.69, 9.17) is 4.74 Å². The summed E-state index contributed by atoms with van der Waals surface area (Å²) in [5.74, 6) is 0.872. The van der Waals surface area contributed by atoms with Gasteiger partial charge in [0.2, 0.25) is 0 Å². The fourth-order valence-electron chi connectivity index (χ4n) is 2.33. The van der Waals surface area contributed by atoms with Crippen LogP contribution in [-0.4, -0.2) is 26.1 Å². The van der Waals surface area contributed by atoms with Gasteiger partial charge in [0.05, 0.1) is 14.2 Å². The Kier molecular flexibility index (Phi) is 5.77. The molecule has 122 valence electrons. The number of likely N-dealkylation sites (N-methyl/N-ethyl adjacent to an activating group) is 1. The van der Waals surface area contributed by atoms with Gasteiger partial charge in [-0.2, -0.15) is 0 Å². The fraction of sp³-hybridized carbons (Fsp3) is 0.316. The van der Waals surface area contributed by atoms with Crippen LogP contribution >= 0.6 is 0 Å². The molecule has 2 aromatic rings. The van der Waals surface area contributed by atoms with Gasteiger partial charge in [0, 0.05) is 11.3 Å². The monoisotopic (exact) mass is 313 g/mol. The molecular weight excluding hydrogens is 288 g/mol. The average molecular weight is 313 g/mol. The number of methoxy groups -OCH3 is 1. The number of aryl methyl sites for hydroxylation is 1. The average Bonchev–Trinajstić information content (AvgIpc) is 2.56. The summed E-state index contributed by atoms with van der Waals surface area (Å²) < 4.78 is 5.16. The summed E-state index contributed by atoms with van der Waals surface area (Å²) in [5.41, 5.74) is 3.20. The standard InChI is InChI=1S/C19H24N2O2/c1-14-5-9-17(10-6-14)20-19(22)15(2)21(3)13-16-7-11-18(23-4)12-8-16/h5-12,15H,13H2,1-4H3,(H,20,22)/p+1/t15-/m0/s1. The van der Waals surface area contributed by atoms with Crippen LogP contribution in [-0.2, 0) is 11.3 Å². The number of benzene rings is 2. The lowest BCUT2D eigenvalue weighted by Crippen LogP contribution is -3.12. The number of quaternary nitrogens is 1. The summed E-state index contributed by atoms with van der Waals surface area (Å²) in [4.78, 5) is 13.5. The number of carbonyl (C=O) groups excluding carboxylic acids is 1. The van der Waals surface area contributed by atoms with Crippen LogP contribution < -0.4 is 15.0 Å². The van der Waals surface area contributed by atoms with E-state index in [0.717, 1.165) is 22.9 Å². The maximum absolute atomic E-state index is 12.4. The van der Waals surface area contributed by atoms with Crippen molar-refractivity contribution in [1.29, 1.82) is 0 Å². The number of amides is 1. The van der Waals surface area contributed by atoms with E-state index < -0.39 is 0 Å². The lowest BCUT2D eigenvalue weighted by Gasteiger charge is -2.21. The van der Waals surface area contributed by atoms with E-state index in [1.807, 2.05) is 69.4 Å². The first-order chi connectivity index (χ1) is 11.0. The van der Waals surface area contributed by atoms with Gasteiger partial charge in [-0.15, -0.1) is 0 Å². The highest BCUT2D eigenvalue weighted by molar-refractivity contribution is 5.93. The summed E-state index contributed by atoms with van der Waals surface area (Å²) in [5, 5.41) is 2.97. The van der Waals surface area contributed by atoms with E-state index in [2.05, 4.69) is 5.32 Å². The lowest BCUT2D eigenvalue weighted by atomic mass is 10.1. The molecule has 0 heterocycles. The molecule has 0 saturated carbocycles. The molecule has 0 aliphatic rings. The molecule has 4 nitrogen and oxygen atoms in total. The molecule has 0 spiro atoms. The Morgan fingerprint density at radius 3 is 2.30 bits per heavy atom. The van der Waals surface area contributed by atoms with Gasteiger partial charge in [-0.3, -0.25) is 4.79 Å². The van der Waals surface area contributed by atoms with Crippen LogP contribution in [0.4, 0.5) is 5.69 Å². The molecule has 0 radical (unpaired) electrons. The van der Waals surface area contributed by atoms with Crippen molar-refractivity contribution < 1.29 is 14.4 Å². The first-order valence-electron chi connectivity index (χ1n) is 7.82. The van der Waals surface area contributed by atoms with Gasteiger partial charge in [-0.25, -0.2) is 0 Å². The van der Waals surface area contributed by atoms with Gasteiger partial charge < -0.3 is 15.0 Å². The van der Waals surface area contributed by atoms with E-state index in [0.29, 0.717) is 0 Å². The summed E-state index contributed by atoms with van der Waals surface area (Å²) >= 11 is 0. The summed E-state index contributed by atoms with van der Waals surface area (Å²) in [7, 11) is 3.69. The van der Waals surface area contributed by atoms with Crippen molar-refractivity contribution in [3.8, 4) is 5.75 Å². The topological polar surface area (TPSA) is 42.8 Å². The third-order valence-electron chi connectivity index (χ3n) is 4.09. The zero-order valence-corrected chi connectivity index (χ0v) is 14.2. The summed E-state index contributed by atoms with van der Waals surface area (Å²) in [6.45, 7) is 4.76. The molecule has 2 aromatic carbocycles. The Labute approximate surface area is 138 Å². The van der Waals surface area contributed by atoms with Gasteiger partial charge in [0.1, 0.15) is 12.3 Å². The number of hydrogen-bond acceptors (Lipinski definition) is 2. The second-order valence-corrected chi connectivity index (χ2v) is 5.95. The molecule has 0 aliphatic carbocycles. The van der Waals surface area contributed by atoms with Gasteiger partial charge >= 0.3 is 0 Å². The van der Waals surface area contributed by atoms with Crippen LogP contribution in [0.3, 0.4) is 0 Å². The molecule has 0 saturated heterocycles. The minimum absolute atomic E-state index is 0.0277. The van der Waals surface area contributed by atoms with E-state index in [1.165, 1.54) is 11.1 Å². The normalized spacial score (nSPS) is 13.2. The zero-order valence-electron chi connectivity index (χ0n) is 14.2. The highest BCUT2D eigenvalue weighted by atomic mass is 16.5. The highest BCUT2D eigenvalue weighted by Gasteiger charge is 2.22. The predicted molar refractivity (Wildman–Crippen MR) is 92.9 cm³/mol. The van der Waals surface area contributed by atoms with Crippen LogP contribution in [0.25, 0.3) is 0 Å². The number of hydrogen-bond donors (Lipinski definition) is 2. The van der Waals surface area contributed by atoms with Crippen molar-refractivity contribution in [2.45, 2.75) is 26.4 Å². The third kappa shape index (κ3) is 4.83. The minimum atomic E-state index is -0.140. The van der Waals surface area contributed by atoms with Crippen molar-refractivity contribution in [2.24, 2.45) is 0 Å². The minimum Gasteiger partial charge on any atom is -0.497 e. The molecule has 1 amide bonds. The molecule has 0 aromatic heterocycles. The Hall–Kier alpha value is -2.33. The molecule has 23 heavy (non-hydrogen) atoms. The summed E-state index contributed by atoms with van der Waals surface area (Å²) in [6.07, 6.45) is 0. The highest BCUT2D eigenvalue weighted by Crippen LogP contribution is 2.11. The SMILES string of the molecule is COc1ccc(C[NH+](C)[C@@H](C)C(=O)Nc2ccc(C)cc2)cc1. The molecular formula is C19H25N2O2+. The van der Waals surface area contributed by atoms with Crippen molar-refractivity contribution in [3.05, 3.63) is 59.7 Å². The smallest absolute Gasteiger partial charge is 0.282 e. The van der Waals surface area contributed by atoms with Crippen LogP contribution in [0.5, 0.6) is 5.75 Å². The van der Waals surface area contributed by atoms with E-state index in [-0.39, 0.29) is 11.9 Å². The Bertz CT molecular complexity index is 635. The van der Waals surface area contributed by atoms with Crippen LogP contribution in [0.15, 0.2) is 48.5 Å². The molecule has 0 aliphatic heterocycles. The molecule has 1 unspecified atom stereocenters. The molecule has 4 heteroatoms. The first-order valence-corrected chi connectivity index (χ1v) is 7.82. The molecule has 2 N–H and O–H groups in total. The number of anilines is 1. The van der Waals surface area contributed by atoms with Crippen molar-refractivity contribution in [3.63, 3.8) is 0 Å². The van der Waals surface area contributed by atoms with Gasteiger partial charge in [-0.05, 0) is 50.2 Å². The molecule has 0 fully saturated rings. The Morgan fingerprint density at radius 1 is 1.13 bits per heavy atom. The predicted octanol–water partition coefficient (Wildman–Crippen LogP) is 2.05. The van der Waals surface area contributed by atoms with Crippen LogP contribution in [0.1, 0.15) is 18.1 Å². The van der Waals surface area contributed by atoms with Gasteiger partial charge in [-0.1, -0.05) is 17.7 Å². The number of rotatable bonds is 6. The first kappa shape index (κ1) is 17.0. The van der Waals surface area contributed by atoms with Gasteiger partial charge in [0.15, 0.2) is 6.04 Å². The lowest BCUT2D eigenvalue weighted by molar-refractivity contribution is -0.907. The number of nitrogens with one attached hydrogen (secondary N) is 2. The second kappa shape index (κ2) is 7.79. The van der Waals surface area contributed by atoms with Crippen molar-refractivity contribution >= 4 is 11.6 Å². The quantitative estimate of drug-likeness (QED) is 0.857. The largest absolute Gasteiger partial charge is 0.497 e. The molecule has 0 bridgehead atoms. The van der Waals surface area contributed by atoms with Crippen LogP contribution in [0, 0.1) is 6.92 Å². The van der Waals surface area contributed by atoms with Gasteiger partial charge in [0.25, 0.3) is 5.91 Å². The number of carbonyl (C=O) groups is 1.